The second-order valence-electron chi connectivity index (χ2n) is 4.70. The molecule has 2 rings (SSSR count). The van der Waals surface area contributed by atoms with E-state index in [9.17, 15) is 4.79 Å². The fourth-order valence-corrected chi connectivity index (χ4v) is 1.97. The minimum absolute atomic E-state index is 0.144. The maximum absolute atomic E-state index is 11.5. The summed E-state index contributed by atoms with van der Waals surface area (Å²) in [4.78, 5) is 20.6. The van der Waals surface area contributed by atoms with Crippen LogP contribution in [0.25, 0.3) is 10.3 Å². The number of thiazole rings is 1. The van der Waals surface area contributed by atoms with E-state index in [4.69, 9.17) is 9.47 Å². The summed E-state index contributed by atoms with van der Waals surface area (Å²) in [5.41, 5.74) is 2.04. The number of nitrogens with zero attached hydrogens (tertiary/aromatic N) is 2. The maximum Gasteiger partial charge on any atom is 0.344 e. The highest BCUT2D eigenvalue weighted by atomic mass is 32.1. The summed E-state index contributed by atoms with van der Waals surface area (Å²) >= 11 is 1.43. The molecule has 96 valence electrons. The maximum atomic E-state index is 11.5. The Morgan fingerprint density at radius 2 is 2.17 bits per heavy atom. The van der Waals surface area contributed by atoms with Crippen molar-refractivity contribution in [1.82, 2.24) is 9.97 Å². The van der Waals surface area contributed by atoms with Crippen molar-refractivity contribution in [2.45, 2.75) is 26.4 Å². The fourth-order valence-electron chi connectivity index (χ4n) is 1.32. The Balaban J connectivity index is 1.95. The first kappa shape index (κ1) is 12.8. The number of esters is 1. The molecule has 0 unspecified atom stereocenters. The number of aromatic nitrogens is 2. The van der Waals surface area contributed by atoms with E-state index in [0.717, 1.165) is 10.3 Å². The van der Waals surface area contributed by atoms with Gasteiger partial charge in [0.25, 0.3) is 0 Å². The zero-order chi connectivity index (χ0) is 13.2. The Morgan fingerprint density at radius 1 is 1.39 bits per heavy atom. The molecule has 2 aromatic heterocycles. The van der Waals surface area contributed by atoms with Crippen molar-refractivity contribution in [2.75, 3.05) is 6.61 Å². The zero-order valence-corrected chi connectivity index (χ0v) is 11.3. The standard InChI is InChI=1S/C12H14N2O3S/c1-12(2,3)17-10(15)6-16-9-5-4-8-11(14-9)18-7-13-8/h4-5,7H,6H2,1-3H3. The van der Waals surface area contributed by atoms with E-state index in [0.29, 0.717) is 5.88 Å². The van der Waals surface area contributed by atoms with E-state index in [2.05, 4.69) is 9.97 Å². The van der Waals surface area contributed by atoms with E-state index in [1.165, 1.54) is 11.3 Å². The fraction of sp³-hybridized carbons (Fsp3) is 0.417. The van der Waals surface area contributed by atoms with Gasteiger partial charge < -0.3 is 9.47 Å². The van der Waals surface area contributed by atoms with E-state index >= 15 is 0 Å². The molecular formula is C12H14N2O3S. The predicted molar refractivity (Wildman–Crippen MR) is 68.8 cm³/mol. The lowest BCUT2D eigenvalue weighted by molar-refractivity contribution is -0.157. The molecule has 0 radical (unpaired) electrons. The highest BCUT2D eigenvalue weighted by Gasteiger charge is 2.16. The Kier molecular flexibility index (Phi) is 3.47. The van der Waals surface area contributed by atoms with Gasteiger partial charge in [0.2, 0.25) is 5.88 Å². The zero-order valence-electron chi connectivity index (χ0n) is 10.5. The molecule has 2 aromatic rings. The Morgan fingerprint density at radius 3 is 2.89 bits per heavy atom. The van der Waals surface area contributed by atoms with Crippen molar-refractivity contribution in [3.05, 3.63) is 17.6 Å². The van der Waals surface area contributed by atoms with Gasteiger partial charge in [-0.2, -0.15) is 0 Å². The van der Waals surface area contributed by atoms with Crippen LogP contribution in [0.15, 0.2) is 17.6 Å². The number of pyridine rings is 1. The van der Waals surface area contributed by atoms with Crippen LogP contribution >= 0.6 is 11.3 Å². The van der Waals surface area contributed by atoms with Gasteiger partial charge in [0.05, 0.1) is 5.51 Å². The average molecular weight is 266 g/mol. The molecule has 0 aliphatic carbocycles. The second-order valence-corrected chi connectivity index (χ2v) is 5.53. The molecule has 0 fully saturated rings. The topological polar surface area (TPSA) is 61.3 Å². The number of rotatable bonds is 3. The third-order valence-corrected chi connectivity index (χ3v) is 2.66. The lowest BCUT2D eigenvalue weighted by Gasteiger charge is -2.19. The van der Waals surface area contributed by atoms with Crippen LogP contribution < -0.4 is 4.74 Å². The largest absolute Gasteiger partial charge is 0.466 e. The molecule has 5 nitrogen and oxygen atoms in total. The molecule has 0 amide bonds. The van der Waals surface area contributed by atoms with Gasteiger partial charge in [0.1, 0.15) is 15.9 Å². The number of carbonyl (C=O) groups is 1. The van der Waals surface area contributed by atoms with Crippen molar-refractivity contribution in [3.8, 4) is 5.88 Å². The number of hydrogen-bond donors (Lipinski definition) is 0. The van der Waals surface area contributed by atoms with E-state index in [-0.39, 0.29) is 6.61 Å². The van der Waals surface area contributed by atoms with Gasteiger partial charge in [-0.3, -0.25) is 0 Å². The Labute approximate surface area is 109 Å². The van der Waals surface area contributed by atoms with Gasteiger partial charge in [0.15, 0.2) is 6.61 Å². The highest BCUT2D eigenvalue weighted by molar-refractivity contribution is 7.16. The molecule has 18 heavy (non-hydrogen) atoms. The van der Waals surface area contributed by atoms with E-state index < -0.39 is 11.6 Å². The van der Waals surface area contributed by atoms with E-state index in [1.807, 2.05) is 26.8 Å². The summed E-state index contributed by atoms with van der Waals surface area (Å²) in [6, 6.07) is 3.50. The minimum atomic E-state index is -0.504. The van der Waals surface area contributed by atoms with Crippen LogP contribution in [0.3, 0.4) is 0 Å². The lowest BCUT2D eigenvalue weighted by atomic mass is 10.2. The minimum Gasteiger partial charge on any atom is -0.466 e. The SMILES string of the molecule is CC(C)(C)OC(=O)COc1ccc2ncsc2n1. The molecule has 2 heterocycles. The van der Waals surface area contributed by atoms with E-state index in [1.54, 1.807) is 11.6 Å². The predicted octanol–water partition coefficient (Wildman–Crippen LogP) is 2.41. The van der Waals surface area contributed by atoms with Crippen LogP contribution in [0.2, 0.25) is 0 Å². The third kappa shape index (κ3) is 3.40. The Hall–Kier alpha value is -1.69. The van der Waals surface area contributed by atoms with Crippen molar-refractivity contribution in [3.63, 3.8) is 0 Å². The van der Waals surface area contributed by atoms with Crippen LogP contribution in [0, 0.1) is 0 Å². The lowest BCUT2D eigenvalue weighted by Crippen LogP contribution is -2.27. The molecular weight excluding hydrogens is 252 g/mol. The molecule has 6 heteroatoms. The van der Waals surface area contributed by atoms with Crippen LogP contribution in [-0.4, -0.2) is 28.1 Å². The summed E-state index contributed by atoms with van der Waals surface area (Å²) in [6.07, 6.45) is 0. The monoisotopic (exact) mass is 266 g/mol. The average Bonchev–Trinajstić information content (AvgIpc) is 2.71. The van der Waals surface area contributed by atoms with Crippen molar-refractivity contribution < 1.29 is 14.3 Å². The summed E-state index contributed by atoms with van der Waals surface area (Å²) in [6.45, 7) is 5.29. The molecule has 0 spiro atoms. The van der Waals surface area contributed by atoms with Crippen molar-refractivity contribution in [1.29, 1.82) is 0 Å². The third-order valence-electron chi connectivity index (χ3n) is 1.93. The normalized spacial score (nSPS) is 11.5. The smallest absolute Gasteiger partial charge is 0.344 e. The summed E-state index contributed by atoms with van der Waals surface area (Å²) in [5.74, 6) is -0.00805. The van der Waals surface area contributed by atoms with Crippen molar-refractivity contribution in [2.24, 2.45) is 0 Å². The highest BCUT2D eigenvalue weighted by Crippen LogP contribution is 2.18. The van der Waals surface area contributed by atoms with Crippen LogP contribution in [0.1, 0.15) is 20.8 Å². The Bertz CT molecular complexity index is 560. The number of hydrogen-bond acceptors (Lipinski definition) is 6. The number of carbonyl (C=O) groups excluding carboxylic acids is 1. The van der Waals surface area contributed by atoms with Gasteiger partial charge in [-0.05, 0) is 26.8 Å². The summed E-state index contributed by atoms with van der Waals surface area (Å²) in [5, 5.41) is 0. The van der Waals surface area contributed by atoms with Gasteiger partial charge in [-0.25, -0.2) is 14.8 Å². The number of fused-ring (bicyclic) bond motifs is 1. The van der Waals surface area contributed by atoms with Crippen LogP contribution in [-0.2, 0) is 9.53 Å². The first-order valence-corrected chi connectivity index (χ1v) is 6.37. The van der Waals surface area contributed by atoms with Gasteiger partial charge >= 0.3 is 5.97 Å². The molecule has 0 aliphatic heterocycles. The summed E-state index contributed by atoms with van der Waals surface area (Å²) in [7, 11) is 0. The quantitative estimate of drug-likeness (QED) is 0.798. The van der Waals surface area contributed by atoms with Crippen molar-refractivity contribution >= 4 is 27.7 Å². The molecule has 0 N–H and O–H groups in total. The molecule has 0 atom stereocenters. The van der Waals surface area contributed by atoms with Gasteiger partial charge in [0, 0.05) is 6.07 Å². The first-order valence-electron chi connectivity index (χ1n) is 5.49. The number of ether oxygens (including phenoxy) is 2. The molecule has 0 saturated heterocycles. The molecule has 0 aromatic carbocycles. The summed E-state index contributed by atoms with van der Waals surface area (Å²) < 4.78 is 10.4. The first-order chi connectivity index (χ1) is 8.44. The van der Waals surface area contributed by atoms with Crippen LogP contribution in [0.4, 0.5) is 0 Å². The van der Waals surface area contributed by atoms with Gasteiger partial charge in [-0.15, -0.1) is 11.3 Å². The molecule has 0 saturated carbocycles. The second kappa shape index (κ2) is 4.89. The van der Waals surface area contributed by atoms with Crippen LogP contribution in [0.5, 0.6) is 5.88 Å². The van der Waals surface area contributed by atoms with Gasteiger partial charge in [-0.1, -0.05) is 0 Å². The molecule has 0 aliphatic rings. The molecule has 0 bridgehead atoms.